The third-order valence-corrected chi connectivity index (χ3v) is 3.30. The highest BCUT2D eigenvalue weighted by Gasteiger charge is 2.15. The Kier molecular flexibility index (Phi) is 2.55. The van der Waals surface area contributed by atoms with E-state index in [0.717, 1.165) is 16.6 Å². The zero-order chi connectivity index (χ0) is 12.5. The number of rotatable bonds is 1. The second-order valence-electron chi connectivity index (χ2n) is 3.97. The van der Waals surface area contributed by atoms with Crippen LogP contribution >= 0.6 is 11.6 Å². The molecular formula is C15H9ClN2. The van der Waals surface area contributed by atoms with E-state index in [1.54, 1.807) is 0 Å². The van der Waals surface area contributed by atoms with E-state index in [0.29, 0.717) is 10.7 Å². The van der Waals surface area contributed by atoms with Gasteiger partial charge in [0.2, 0.25) is 0 Å². The van der Waals surface area contributed by atoms with Crippen LogP contribution in [0.4, 0.5) is 0 Å². The van der Waals surface area contributed by atoms with Gasteiger partial charge in [-0.2, -0.15) is 5.26 Å². The average molecular weight is 253 g/mol. The van der Waals surface area contributed by atoms with Crippen LogP contribution in [0.2, 0.25) is 5.15 Å². The van der Waals surface area contributed by atoms with Crippen LogP contribution in [0.25, 0.3) is 16.6 Å². The molecule has 0 aliphatic heterocycles. The van der Waals surface area contributed by atoms with E-state index in [9.17, 15) is 5.26 Å². The smallest absolute Gasteiger partial charge is 0.132 e. The first kappa shape index (κ1) is 10.9. The first-order valence-electron chi connectivity index (χ1n) is 5.57. The molecule has 3 aromatic rings. The highest BCUT2D eigenvalue weighted by molar-refractivity contribution is 6.32. The van der Waals surface area contributed by atoms with Crippen LogP contribution in [-0.4, -0.2) is 4.57 Å². The molecule has 0 fully saturated rings. The zero-order valence-corrected chi connectivity index (χ0v) is 10.2. The molecule has 0 aliphatic carbocycles. The van der Waals surface area contributed by atoms with E-state index in [2.05, 4.69) is 6.07 Å². The average Bonchev–Trinajstić information content (AvgIpc) is 2.71. The molecule has 3 heteroatoms. The largest absolute Gasteiger partial charge is 0.299 e. The topological polar surface area (TPSA) is 28.7 Å². The van der Waals surface area contributed by atoms with Gasteiger partial charge in [0.25, 0.3) is 0 Å². The monoisotopic (exact) mass is 252 g/mol. The Hall–Kier alpha value is -2.24. The molecule has 0 aliphatic rings. The number of nitriles is 1. The zero-order valence-electron chi connectivity index (χ0n) is 9.47. The molecule has 0 saturated heterocycles. The van der Waals surface area contributed by atoms with E-state index in [1.165, 1.54) is 0 Å². The Bertz CT molecular complexity index is 751. The molecule has 2 nitrogen and oxygen atoms in total. The summed E-state index contributed by atoms with van der Waals surface area (Å²) < 4.78 is 1.90. The van der Waals surface area contributed by atoms with Crippen molar-refractivity contribution in [1.29, 1.82) is 5.26 Å². The van der Waals surface area contributed by atoms with E-state index in [1.807, 2.05) is 59.2 Å². The van der Waals surface area contributed by atoms with E-state index in [-0.39, 0.29) is 0 Å². The quantitative estimate of drug-likeness (QED) is 0.639. The number of aromatic nitrogens is 1. The minimum absolute atomic E-state index is 0.463. The molecule has 18 heavy (non-hydrogen) atoms. The summed E-state index contributed by atoms with van der Waals surface area (Å²) in [5.41, 5.74) is 2.43. The fourth-order valence-electron chi connectivity index (χ4n) is 2.14. The normalized spacial score (nSPS) is 10.4. The Morgan fingerprint density at radius 2 is 1.61 bits per heavy atom. The Morgan fingerprint density at radius 1 is 0.944 bits per heavy atom. The lowest BCUT2D eigenvalue weighted by molar-refractivity contribution is 1.12. The predicted octanol–water partition coefficient (Wildman–Crippen LogP) is 4.16. The molecule has 0 radical (unpaired) electrons. The van der Waals surface area contributed by atoms with E-state index < -0.39 is 0 Å². The van der Waals surface area contributed by atoms with Crippen molar-refractivity contribution in [2.75, 3.05) is 0 Å². The summed E-state index contributed by atoms with van der Waals surface area (Å²) >= 11 is 6.33. The van der Waals surface area contributed by atoms with Crippen molar-refractivity contribution < 1.29 is 0 Å². The third kappa shape index (κ3) is 1.49. The van der Waals surface area contributed by atoms with Gasteiger partial charge in [-0.1, -0.05) is 48.0 Å². The van der Waals surface area contributed by atoms with Crippen LogP contribution in [0, 0.1) is 11.3 Å². The number of fused-ring (bicyclic) bond motifs is 1. The number of hydrogen-bond acceptors (Lipinski definition) is 1. The summed E-state index contributed by atoms with van der Waals surface area (Å²) in [4.78, 5) is 0. The molecule has 0 spiro atoms. The van der Waals surface area contributed by atoms with E-state index in [4.69, 9.17) is 11.6 Å². The lowest BCUT2D eigenvalue weighted by Crippen LogP contribution is -1.92. The van der Waals surface area contributed by atoms with Crippen LogP contribution in [0.3, 0.4) is 0 Å². The molecule has 3 rings (SSSR count). The second kappa shape index (κ2) is 4.21. The number of benzene rings is 2. The van der Waals surface area contributed by atoms with Crippen LogP contribution in [0.15, 0.2) is 54.6 Å². The van der Waals surface area contributed by atoms with Gasteiger partial charge in [-0.15, -0.1) is 0 Å². The van der Waals surface area contributed by atoms with Gasteiger partial charge in [-0.05, 0) is 18.2 Å². The van der Waals surface area contributed by atoms with Gasteiger partial charge in [0.15, 0.2) is 0 Å². The summed E-state index contributed by atoms with van der Waals surface area (Å²) in [7, 11) is 0. The Morgan fingerprint density at radius 3 is 2.33 bits per heavy atom. The number of halogens is 1. The maximum atomic E-state index is 9.23. The van der Waals surface area contributed by atoms with Gasteiger partial charge in [-0.25, -0.2) is 0 Å². The molecule has 0 atom stereocenters. The molecule has 2 aromatic carbocycles. The minimum atomic E-state index is 0.463. The van der Waals surface area contributed by atoms with Crippen molar-refractivity contribution >= 4 is 22.5 Å². The molecule has 0 bridgehead atoms. The maximum absolute atomic E-state index is 9.23. The summed E-state index contributed by atoms with van der Waals surface area (Å²) in [5, 5.41) is 10.6. The highest BCUT2D eigenvalue weighted by Crippen LogP contribution is 2.32. The van der Waals surface area contributed by atoms with Crippen molar-refractivity contribution in [2.24, 2.45) is 0 Å². The van der Waals surface area contributed by atoms with Crippen molar-refractivity contribution in [3.63, 3.8) is 0 Å². The van der Waals surface area contributed by atoms with Crippen molar-refractivity contribution in [2.45, 2.75) is 0 Å². The van der Waals surface area contributed by atoms with Gasteiger partial charge >= 0.3 is 0 Å². The predicted molar refractivity (Wildman–Crippen MR) is 73.0 cm³/mol. The third-order valence-electron chi connectivity index (χ3n) is 2.94. The first-order chi connectivity index (χ1) is 8.83. The van der Waals surface area contributed by atoms with Crippen LogP contribution in [0.1, 0.15) is 5.56 Å². The Balaban J connectivity index is 2.44. The van der Waals surface area contributed by atoms with Crippen molar-refractivity contribution in [3.05, 3.63) is 65.3 Å². The molecule has 0 saturated carbocycles. The Labute approximate surface area is 110 Å². The molecule has 0 N–H and O–H groups in total. The molecular weight excluding hydrogens is 244 g/mol. The molecule has 1 aromatic heterocycles. The number of para-hydroxylation sites is 2. The van der Waals surface area contributed by atoms with Gasteiger partial charge in [0.1, 0.15) is 11.2 Å². The molecule has 0 unspecified atom stereocenters. The SMILES string of the molecule is N#Cc1c(Cl)n(-c2ccccc2)c2ccccc12. The van der Waals surface area contributed by atoms with Crippen molar-refractivity contribution in [1.82, 2.24) is 4.57 Å². The second-order valence-corrected chi connectivity index (χ2v) is 4.32. The van der Waals surface area contributed by atoms with Crippen LogP contribution < -0.4 is 0 Å². The van der Waals surface area contributed by atoms with Gasteiger partial charge < -0.3 is 0 Å². The lowest BCUT2D eigenvalue weighted by atomic mass is 10.2. The summed E-state index contributed by atoms with van der Waals surface area (Å²) in [5.74, 6) is 0. The van der Waals surface area contributed by atoms with E-state index >= 15 is 0 Å². The highest BCUT2D eigenvalue weighted by atomic mass is 35.5. The summed E-state index contributed by atoms with van der Waals surface area (Å²) in [6.45, 7) is 0. The van der Waals surface area contributed by atoms with Gasteiger partial charge in [-0.3, -0.25) is 4.57 Å². The fraction of sp³-hybridized carbons (Fsp3) is 0. The fourth-order valence-corrected chi connectivity index (χ4v) is 2.48. The number of hydrogen-bond donors (Lipinski definition) is 0. The molecule has 86 valence electrons. The first-order valence-corrected chi connectivity index (χ1v) is 5.95. The molecule has 0 amide bonds. The van der Waals surface area contributed by atoms with Gasteiger partial charge in [0, 0.05) is 11.1 Å². The summed E-state index contributed by atoms with van der Waals surface area (Å²) in [6, 6.07) is 19.7. The van der Waals surface area contributed by atoms with Crippen LogP contribution in [-0.2, 0) is 0 Å². The summed E-state index contributed by atoms with van der Waals surface area (Å²) in [6.07, 6.45) is 0. The maximum Gasteiger partial charge on any atom is 0.132 e. The van der Waals surface area contributed by atoms with Crippen molar-refractivity contribution in [3.8, 4) is 11.8 Å². The standard InChI is InChI=1S/C15H9ClN2/c16-15-13(10-17)12-8-4-5-9-14(12)18(15)11-6-2-1-3-7-11/h1-9H. The number of nitrogens with zero attached hydrogens (tertiary/aromatic N) is 2. The van der Waals surface area contributed by atoms with Gasteiger partial charge in [0.05, 0.1) is 11.1 Å². The lowest BCUT2D eigenvalue weighted by Gasteiger charge is -2.06. The molecule has 1 heterocycles. The van der Waals surface area contributed by atoms with Crippen LogP contribution in [0.5, 0.6) is 0 Å². The minimum Gasteiger partial charge on any atom is -0.299 e.